The third-order valence-electron chi connectivity index (χ3n) is 4.25. The van der Waals surface area contributed by atoms with E-state index in [0.29, 0.717) is 5.56 Å². The van der Waals surface area contributed by atoms with E-state index in [1.807, 2.05) is 0 Å². The van der Waals surface area contributed by atoms with E-state index in [1.54, 1.807) is 25.1 Å². The van der Waals surface area contributed by atoms with Crippen LogP contribution in [0.25, 0.3) is 0 Å². The molecular formula is C16H21FO. The van der Waals surface area contributed by atoms with Crippen LogP contribution < -0.4 is 0 Å². The third kappa shape index (κ3) is 2.63. The van der Waals surface area contributed by atoms with Gasteiger partial charge in [-0.3, -0.25) is 4.79 Å². The number of halogens is 1. The molecule has 98 valence electrons. The number of carbonyl (C=O) groups excluding carboxylic acids is 1. The van der Waals surface area contributed by atoms with Gasteiger partial charge < -0.3 is 0 Å². The largest absolute Gasteiger partial charge is 0.294 e. The van der Waals surface area contributed by atoms with Gasteiger partial charge in [-0.15, -0.1) is 0 Å². The summed E-state index contributed by atoms with van der Waals surface area (Å²) in [5.41, 5.74) is 0.845. The van der Waals surface area contributed by atoms with Crippen molar-refractivity contribution in [2.75, 3.05) is 0 Å². The molecule has 0 aromatic heterocycles. The maximum absolute atomic E-state index is 13.9. The molecule has 2 heteroatoms. The summed E-state index contributed by atoms with van der Waals surface area (Å²) in [6, 6.07) is 5.10. The smallest absolute Gasteiger partial charge is 0.168 e. The highest BCUT2D eigenvalue weighted by molar-refractivity contribution is 5.98. The van der Waals surface area contributed by atoms with Crippen LogP contribution >= 0.6 is 0 Å². The number of hydrogen-bond donors (Lipinski definition) is 0. The van der Waals surface area contributed by atoms with Crippen LogP contribution in [0.5, 0.6) is 0 Å². The number of Topliss-reactive ketones (excluding diaryl/α,β-unsaturated/α-hetero) is 1. The molecule has 2 rings (SSSR count). The Morgan fingerprint density at radius 1 is 1.28 bits per heavy atom. The Morgan fingerprint density at radius 3 is 2.56 bits per heavy atom. The van der Waals surface area contributed by atoms with Crippen LogP contribution in [-0.4, -0.2) is 5.78 Å². The Hall–Kier alpha value is -1.18. The van der Waals surface area contributed by atoms with E-state index in [1.165, 1.54) is 6.42 Å². The van der Waals surface area contributed by atoms with Gasteiger partial charge in [0.15, 0.2) is 5.78 Å². The lowest BCUT2D eigenvalue weighted by atomic mass is 9.77. The van der Waals surface area contributed by atoms with E-state index in [-0.39, 0.29) is 23.1 Å². The monoisotopic (exact) mass is 248 g/mol. The van der Waals surface area contributed by atoms with Crippen LogP contribution in [0.3, 0.4) is 0 Å². The molecule has 0 N–H and O–H groups in total. The van der Waals surface area contributed by atoms with Crippen LogP contribution in [0.4, 0.5) is 4.39 Å². The Balaban J connectivity index is 2.10. The first-order valence-corrected chi connectivity index (χ1v) is 6.92. The molecule has 1 nitrogen and oxygen atoms in total. The molecular weight excluding hydrogens is 227 g/mol. The number of benzene rings is 1. The minimum atomic E-state index is -0.333. The maximum atomic E-state index is 13.9. The molecule has 1 aliphatic rings. The van der Waals surface area contributed by atoms with Crippen LogP contribution in [0.15, 0.2) is 18.2 Å². The molecule has 0 aliphatic heterocycles. The van der Waals surface area contributed by atoms with Gasteiger partial charge in [-0.05, 0) is 50.2 Å². The predicted octanol–water partition coefficient (Wildman–Crippen LogP) is 4.53. The van der Waals surface area contributed by atoms with Gasteiger partial charge in [0, 0.05) is 5.92 Å². The van der Waals surface area contributed by atoms with E-state index in [0.717, 1.165) is 31.6 Å². The van der Waals surface area contributed by atoms with Gasteiger partial charge in [0.25, 0.3) is 0 Å². The maximum Gasteiger partial charge on any atom is 0.168 e. The highest BCUT2D eigenvalue weighted by Gasteiger charge is 2.27. The second-order valence-electron chi connectivity index (χ2n) is 5.43. The van der Waals surface area contributed by atoms with Crippen molar-refractivity contribution in [2.45, 2.75) is 46.0 Å². The lowest BCUT2D eigenvalue weighted by molar-refractivity contribution is 0.0866. The summed E-state index contributed by atoms with van der Waals surface area (Å²) >= 11 is 0. The molecule has 0 unspecified atom stereocenters. The lowest BCUT2D eigenvalue weighted by Crippen LogP contribution is -2.22. The van der Waals surface area contributed by atoms with Crippen LogP contribution in [0.1, 0.15) is 54.9 Å². The second kappa shape index (κ2) is 5.64. The van der Waals surface area contributed by atoms with Crippen molar-refractivity contribution in [3.05, 3.63) is 35.1 Å². The zero-order valence-electron chi connectivity index (χ0n) is 11.2. The van der Waals surface area contributed by atoms with Gasteiger partial charge in [-0.25, -0.2) is 4.39 Å². The summed E-state index contributed by atoms with van der Waals surface area (Å²) in [5, 5.41) is 0. The van der Waals surface area contributed by atoms with Gasteiger partial charge in [-0.1, -0.05) is 25.5 Å². The van der Waals surface area contributed by atoms with E-state index in [2.05, 4.69) is 6.92 Å². The summed E-state index contributed by atoms with van der Waals surface area (Å²) < 4.78 is 13.9. The van der Waals surface area contributed by atoms with Gasteiger partial charge in [-0.2, -0.15) is 0 Å². The lowest BCUT2D eigenvalue weighted by Gasteiger charge is -2.27. The number of hydrogen-bond acceptors (Lipinski definition) is 1. The Bertz CT molecular complexity index is 431. The zero-order valence-corrected chi connectivity index (χ0v) is 11.2. The molecule has 1 aromatic carbocycles. The minimum absolute atomic E-state index is 0.00533. The molecule has 1 saturated carbocycles. The molecule has 18 heavy (non-hydrogen) atoms. The molecule has 0 bridgehead atoms. The number of ketones is 1. The van der Waals surface area contributed by atoms with E-state index in [4.69, 9.17) is 0 Å². The molecule has 0 saturated heterocycles. The van der Waals surface area contributed by atoms with Crippen molar-refractivity contribution >= 4 is 5.78 Å². The quantitative estimate of drug-likeness (QED) is 0.718. The first kappa shape index (κ1) is 13.3. The van der Waals surface area contributed by atoms with Crippen LogP contribution in [-0.2, 0) is 0 Å². The SMILES string of the molecule is CCC1CCC(C(=O)c2cccc(C)c2F)CC1. The van der Waals surface area contributed by atoms with Crippen LogP contribution in [0.2, 0.25) is 0 Å². The van der Waals surface area contributed by atoms with Gasteiger partial charge >= 0.3 is 0 Å². The molecule has 0 atom stereocenters. The highest BCUT2D eigenvalue weighted by Crippen LogP contribution is 2.33. The Kier molecular flexibility index (Phi) is 4.15. The summed E-state index contributed by atoms with van der Waals surface area (Å²) in [4.78, 5) is 12.3. The van der Waals surface area contributed by atoms with E-state index < -0.39 is 0 Å². The molecule has 1 fully saturated rings. The topological polar surface area (TPSA) is 17.1 Å². The second-order valence-corrected chi connectivity index (χ2v) is 5.43. The van der Waals surface area contributed by atoms with Crippen molar-refractivity contribution in [1.82, 2.24) is 0 Å². The molecule has 0 spiro atoms. The summed E-state index contributed by atoms with van der Waals surface area (Å²) in [6.07, 6.45) is 5.26. The summed E-state index contributed by atoms with van der Waals surface area (Å²) in [5.74, 6) is 0.464. The molecule has 0 radical (unpaired) electrons. The van der Waals surface area contributed by atoms with E-state index in [9.17, 15) is 9.18 Å². The molecule has 1 aliphatic carbocycles. The number of rotatable bonds is 3. The average molecular weight is 248 g/mol. The van der Waals surface area contributed by atoms with Crippen molar-refractivity contribution in [2.24, 2.45) is 11.8 Å². The normalized spacial score (nSPS) is 23.9. The molecule has 0 heterocycles. The fraction of sp³-hybridized carbons (Fsp3) is 0.562. The van der Waals surface area contributed by atoms with Crippen molar-refractivity contribution in [3.63, 3.8) is 0 Å². The summed E-state index contributed by atoms with van der Waals surface area (Å²) in [6.45, 7) is 3.91. The number of carbonyl (C=O) groups is 1. The van der Waals surface area contributed by atoms with Gasteiger partial charge in [0.05, 0.1) is 5.56 Å². The third-order valence-corrected chi connectivity index (χ3v) is 4.25. The van der Waals surface area contributed by atoms with Crippen LogP contribution in [0, 0.1) is 24.6 Å². The van der Waals surface area contributed by atoms with Crippen molar-refractivity contribution in [3.8, 4) is 0 Å². The highest BCUT2D eigenvalue weighted by atomic mass is 19.1. The Labute approximate surface area is 108 Å². The van der Waals surface area contributed by atoms with Crippen molar-refractivity contribution in [1.29, 1.82) is 0 Å². The first-order valence-electron chi connectivity index (χ1n) is 6.92. The van der Waals surface area contributed by atoms with Gasteiger partial charge in [0.1, 0.15) is 5.82 Å². The average Bonchev–Trinajstić information content (AvgIpc) is 2.41. The van der Waals surface area contributed by atoms with Gasteiger partial charge in [0.2, 0.25) is 0 Å². The van der Waals surface area contributed by atoms with Crippen molar-refractivity contribution < 1.29 is 9.18 Å². The fourth-order valence-electron chi connectivity index (χ4n) is 2.89. The van der Waals surface area contributed by atoms with E-state index >= 15 is 0 Å². The fourth-order valence-corrected chi connectivity index (χ4v) is 2.89. The minimum Gasteiger partial charge on any atom is -0.294 e. The summed E-state index contributed by atoms with van der Waals surface area (Å²) in [7, 11) is 0. The standard InChI is InChI=1S/C16H21FO/c1-3-12-7-9-13(10-8-12)16(18)14-6-4-5-11(2)15(14)17/h4-6,12-13H,3,7-10H2,1-2H3. The zero-order chi connectivity index (χ0) is 13.1. The first-order chi connectivity index (χ1) is 8.63. The Morgan fingerprint density at radius 2 is 1.94 bits per heavy atom. The number of aryl methyl sites for hydroxylation is 1. The molecule has 0 amide bonds. The predicted molar refractivity (Wildman–Crippen MR) is 71.2 cm³/mol. The molecule has 1 aromatic rings.